The van der Waals surface area contributed by atoms with Crippen molar-refractivity contribution < 1.29 is 4.74 Å². The Kier molecular flexibility index (Phi) is 4.74. The van der Waals surface area contributed by atoms with Crippen LogP contribution < -0.4 is 9.64 Å². The van der Waals surface area contributed by atoms with Crippen LogP contribution in [0.4, 0.5) is 5.13 Å². The molecule has 0 amide bonds. The quantitative estimate of drug-likeness (QED) is 0.813. The van der Waals surface area contributed by atoms with Gasteiger partial charge in [-0.2, -0.15) is 4.37 Å². The maximum absolute atomic E-state index is 5.22. The van der Waals surface area contributed by atoms with Crippen molar-refractivity contribution >= 4 is 16.7 Å². The van der Waals surface area contributed by atoms with Gasteiger partial charge in [-0.3, -0.25) is 0 Å². The highest BCUT2D eigenvalue weighted by atomic mass is 32.1. The fraction of sp³-hybridized carbons (Fsp3) is 0.429. The zero-order valence-corrected chi connectivity index (χ0v) is 12.4. The summed E-state index contributed by atoms with van der Waals surface area (Å²) in [5, 5.41) is 1.00. The predicted molar refractivity (Wildman–Crippen MR) is 79.3 cm³/mol. The van der Waals surface area contributed by atoms with Crippen molar-refractivity contribution in [2.75, 3.05) is 25.1 Å². The van der Waals surface area contributed by atoms with Gasteiger partial charge in [0.05, 0.1) is 7.11 Å². The van der Waals surface area contributed by atoms with Gasteiger partial charge >= 0.3 is 0 Å². The molecule has 19 heavy (non-hydrogen) atoms. The van der Waals surface area contributed by atoms with Crippen molar-refractivity contribution in [2.45, 2.75) is 20.3 Å². The summed E-state index contributed by atoms with van der Waals surface area (Å²) in [6.45, 7) is 6.19. The van der Waals surface area contributed by atoms with E-state index < -0.39 is 0 Å². The van der Waals surface area contributed by atoms with Crippen LogP contribution in [0.25, 0.3) is 0 Å². The van der Waals surface area contributed by atoms with Crippen LogP contribution in [0.3, 0.4) is 0 Å². The van der Waals surface area contributed by atoms with Gasteiger partial charge in [0.1, 0.15) is 11.6 Å². The van der Waals surface area contributed by atoms with Crippen LogP contribution in [-0.2, 0) is 6.42 Å². The van der Waals surface area contributed by atoms with Crippen molar-refractivity contribution in [3.63, 3.8) is 0 Å². The summed E-state index contributed by atoms with van der Waals surface area (Å²) in [5.74, 6) is 1.75. The maximum Gasteiger partial charge on any atom is 0.205 e. The van der Waals surface area contributed by atoms with E-state index in [1.54, 1.807) is 7.11 Å². The summed E-state index contributed by atoms with van der Waals surface area (Å²) in [7, 11) is 1.68. The molecule has 0 saturated heterocycles. The molecule has 1 aromatic heterocycles. The van der Waals surface area contributed by atoms with Crippen LogP contribution in [0.15, 0.2) is 24.3 Å². The molecule has 0 fully saturated rings. The van der Waals surface area contributed by atoms with E-state index in [0.29, 0.717) is 0 Å². The van der Waals surface area contributed by atoms with E-state index >= 15 is 0 Å². The zero-order valence-electron chi connectivity index (χ0n) is 11.6. The summed E-state index contributed by atoms with van der Waals surface area (Å²) in [6, 6.07) is 8.03. The van der Waals surface area contributed by atoms with Gasteiger partial charge in [-0.25, -0.2) is 4.98 Å². The smallest absolute Gasteiger partial charge is 0.205 e. The average Bonchev–Trinajstić information content (AvgIpc) is 2.89. The molecule has 0 unspecified atom stereocenters. The molecule has 1 aromatic carbocycles. The van der Waals surface area contributed by atoms with Gasteiger partial charge in [-0.1, -0.05) is 12.1 Å². The monoisotopic (exact) mass is 277 g/mol. The minimum Gasteiger partial charge on any atom is -0.497 e. The molecule has 2 rings (SSSR count). The average molecular weight is 277 g/mol. The van der Waals surface area contributed by atoms with Crippen LogP contribution in [0.2, 0.25) is 0 Å². The molecule has 1 heterocycles. The Hall–Kier alpha value is -1.62. The Bertz CT molecular complexity index is 523. The van der Waals surface area contributed by atoms with Gasteiger partial charge in [0.15, 0.2) is 0 Å². The molecule has 0 aliphatic heterocycles. The number of nitrogens with zero attached hydrogens (tertiary/aromatic N) is 3. The molecular formula is C14H19N3OS. The van der Waals surface area contributed by atoms with Gasteiger partial charge in [-0.15, -0.1) is 0 Å². The molecule has 0 aliphatic carbocycles. The topological polar surface area (TPSA) is 38.2 Å². The van der Waals surface area contributed by atoms with E-state index in [4.69, 9.17) is 4.74 Å². The first-order valence-electron chi connectivity index (χ1n) is 6.47. The van der Waals surface area contributed by atoms with Crippen molar-refractivity contribution in [1.29, 1.82) is 0 Å². The van der Waals surface area contributed by atoms with E-state index in [-0.39, 0.29) is 0 Å². The number of hydrogen-bond donors (Lipinski definition) is 0. The maximum atomic E-state index is 5.22. The Morgan fingerprint density at radius 1 is 1.26 bits per heavy atom. The van der Waals surface area contributed by atoms with Crippen molar-refractivity contribution in [1.82, 2.24) is 9.36 Å². The number of anilines is 1. The number of benzene rings is 1. The molecule has 2 aromatic rings. The molecule has 0 radical (unpaired) electrons. The largest absolute Gasteiger partial charge is 0.497 e. The Balaban J connectivity index is 2.10. The summed E-state index contributed by atoms with van der Waals surface area (Å²) in [5.41, 5.74) is 1.17. The Morgan fingerprint density at radius 3 is 2.74 bits per heavy atom. The highest BCUT2D eigenvalue weighted by Gasteiger charge is 2.10. The third-order valence-corrected chi connectivity index (χ3v) is 3.80. The van der Waals surface area contributed by atoms with E-state index in [1.807, 2.05) is 18.2 Å². The first-order chi connectivity index (χ1) is 9.26. The third-order valence-electron chi connectivity index (χ3n) is 2.99. The highest BCUT2D eigenvalue weighted by Crippen LogP contribution is 2.20. The van der Waals surface area contributed by atoms with Crippen molar-refractivity contribution in [2.24, 2.45) is 0 Å². The first-order valence-corrected chi connectivity index (χ1v) is 7.24. The van der Waals surface area contributed by atoms with Crippen LogP contribution in [0.5, 0.6) is 5.75 Å². The van der Waals surface area contributed by atoms with Gasteiger partial charge in [0.25, 0.3) is 0 Å². The lowest BCUT2D eigenvalue weighted by Gasteiger charge is -2.15. The molecule has 0 atom stereocenters. The summed E-state index contributed by atoms with van der Waals surface area (Å²) < 4.78 is 9.66. The van der Waals surface area contributed by atoms with Crippen LogP contribution in [-0.4, -0.2) is 29.6 Å². The molecule has 4 nitrogen and oxygen atoms in total. The Morgan fingerprint density at radius 2 is 2.05 bits per heavy atom. The van der Waals surface area contributed by atoms with E-state index in [1.165, 1.54) is 17.1 Å². The molecule has 5 heteroatoms. The van der Waals surface area contributed by atoms with Gasteiger partial charge in [0, 0.05) is 31.0 Å². The Labute approximate surface area is 118 Å². The van der Waals surface area contributed by atoms with E-state index in [0.717, 1.165) is 36.2 Å². The number of methoxy groups -OCH3 is 1. The fourth-order valence-electron chi connectivity index (χ4n) is 1.90. The second kappa shape index (κ2) is 6.52. The van der Waals surface area contributed by atoms with Crippen molar-refractivity contribution in [3.05, 3.63) is 35.7 Å². The van der Waals surface area contributed by atoms with Crippen molar-refractivity contribution in [3.8, 4) is 5.75 Å². The number of aromatic nitrogens is 2. The lowest BCUT2D eigenvalue weighted by Crippen LogP contribution is -2.21. The third kappa shape index (κ3) is 3.44. The molecule has 0 saturated carbocycles. The number of hydrogen-bond acceptors (Lipinski definition) is 5. The second-order valence-corrected chi connectivity index (χ2v) is 4.92. The second-order valence-electron chi connectivity index (χ2n) is 4.19. The van der Waals surface area contributed by atoms with Crippen LogP contribution in [0.1, 0.15) is 25.2 Å². The first kappa shape index (κ1) is 13.8. The molecule has 0 aliphatic rings. The highest BCUT2D eigenvalue weighted by molar-refractivity contribution is 7.09. The lowest BCUT2D eigenvalue weighted by atomic mass is 10.1. The SMILES string of the molecule is CCN(CC)c1nc(Cc2cccc(OC)c2)ns1. The molecule has 0 spiro atoms. The van der Waals surface area contributed by atoms with Crippen LogP contribution >= 0.6 is 11.5 Å². The summed E-state index contributed by atoms with van der Waals surface area (Å²) in [6.07, 6.45) is 0.745. The fourth-order valence-corrected chi connectivity index (χ4v) is 2.72. The minimum atomic E-state index is 0.745. The number of ether oxygens (including phenoxy) is 1. The normalized spacial score (nSPS) is 10.5. The lowest BCUT2D eigenvalue weighted by molar-refractivity contribution is 0.414. The van der Waals surface area contributed by atoms with Gasteiger partial charge in [-0.05, 0) is 31.5 Å². The summed E-state index contributed by atoms with van der Waals surface area (Å²) >= 11 is 1.47. The molecule has 102 valence electrons. The molecule has 0 bridgehead atoms. The van der Waals surface area contributed by atoms with Crippen LogP contribution in [0, 0.1) is 0 Å². The zero-order chi connectivity index (χ0) is 13.7. The predicted octanol–water partition coefficient (Wildman–Crippen LogP) is 2.98. The summed E-state index contributed by atoms with van der Waals surface area (Å²) in [4.78, 5) is 6.81. The van der Waals surface area contributed by atoms with Gasteiger partial charge < -0.3 is 9.64 Å². The van der Waals surface area contributed by atoms with E-state index in [2.05, 4.69) is 34.2 Å². The van der Waals surface area contributed by atoms with E-state index in [9.17, 15) is 0 Å². The molecular weight excluding hydrogens is 258 g/mol. The standard InChI is InChI=1S/C14H19N3OS/c1-4-17(5-2)14-15-13(16-19-14)10-11-7-6-8-12(9-11)18-3/h6-9H,4-5,10H2,1-3H3. The number of rotatable bonds is 6. The minimum absolute atomic E-state index is 0.745. The van der Waals surface area contributed by atoms with Gasteiger partial charge in [0.2, 0.25) is 5.13 Å². The molecule has 0 N–H and O–H groups in total.